The van der Waals surface area contributed by atoms with Crippen molar-refractivity contribution >= 4 is 22.6 Å². The SMILES string of the molecule is Nc1ccc2c(C(=O)OC3CCCCCC3)c[nH]c2c1. The van der Waals surface area contributed by atoms with Crippen LogP contribution in [-0.2, 0) is 4.74 Å². The number of hydrogen-bond acceptors (Lipinski definition) is 3. The highest BCUT2D eigenvalue weighted by Crippen LogP contribution is 2.24. The summed E-state index contributed by atoms with van der Waals surface area (Å²) in [4.78, 5) is 15.4. The molecule has 1 fully saturated rings. The number of esters is 1. The summed E-state index contributed by atoms with van der Waals surface area (Å²) in [5, 5.41) is 0.873. The third kappa shape index (κ3) is 2.64. The van der Waals surface area contributed by atoms with E-state index in [1.807, 2.05) is 12.1 Å². The van der Waals surface area contributed by atoms with Gasteiger partial charge in [0, 0.05) is 22.8 Å². The van der Waals surface area contributed by atoms with E-state index in [1.165, 1.54) is 12.8 Å². The van der Waals surface area contributed by atoms with Crippen LogP contribution in [0.4, 0.5) is 5.69 Å². The maximum atomic E-state index is 12.3. The highest BCUT2D eigenvalue weighted by atomic mass is 16.5. The van der Waals surface area contributed by atoms with Gasteiger partial charge in [-0.15, -0.1) is 0 Å². The second kappa shape index (κ2) is 5.57. The minimum atomic E-state index is -0.229. The molecule has 1 saturated carbocycles. The average molecular weight is 272 g/mol. The van der Waals surface area contributed by atoms with Crippen LogP contribution < -0.4 is 5.73 Å². The molecule has 1 aliphatic carbocycles. The Morgan fingerprint density at radius 1 is 1.20 bits per heavy atom. The molecule has 4 nitrogen and oxygen atoms in total. The summed E-state index contributed by atoms with van der Waals surface area (Å²) in [5.74, 6) is -0.229. The maximum absolute atomic E-state index is 12.3. The largest absolute Gasteiger partial charge is 0.459 e. The fraction of sp³-hybridized carbons (Fsp3) is 0.438. The summed E-state index contributed by atoms with van der Waals surface area (Å²) in [6, 6.07) is 5.50. The molecule has 106 valence electrons. The van der Waals surface area contributed by atoms with Crippen molar-refractivity contribution in [2.45, 2.75) is 44.6 Å². The number of hydrogen-bond donors (Lipinski definition) is 2. The third-order valence-electron chi connectivity index (χ3n) is 4.00. The number of nitrogens with one attached hydrogen (secondary N) is 1. The summed E-state index contributed by atoms with van der Waals surface area (Å²) in [6.45, 7) is 0. The van der Waals surface area contributed by atoms with Crippen molar-refractivity contribution in [2.24, 2.45) is 0 Å². The highest BCUT2D eigenvalue weighted by molar-refractivity contribution is 6.04. The number of fused-ring (bicyclic) bond motifs is 1. The lowest BCUT2D eigenvalue weighted by Gasteiger charge is -2.14. The lowest BCUT2D eigenvalue weighted by molar-refractivity contribution is 0.0269. The molecule has 4 heteroatoms. The van der Waals surface area contributed by atoms with Crippen LogP contribution in [0, 0.1) is 0 Å². The number of nitrogen functional groups attached to an aromatic ring is 1. The predicted molar refractivity (Wildman–Crippen MR) is 79.6 cm³/mol. The molecule has 3 N–H and O–H groups in total. The van der Waals surface area contributed by atoms with Crippen LogP contribution in [0.15, 0.2) is 24.4 Å². The van der Waals surface area contributed by atoms with Crippen molar-refractivity contribution in [2.75, 3.05) is 5.73 Å². The second-order valence-corrected chi connectivity index (χ2v) is 5.53. The number of benzene rings is 1. The number of aromatic nitrogens is 1. The molecule has 20 heavy (non-hydrogen) atoms. The molecular weight excluding hydrogens is 252 g/mol. The molecule has 0 radical (unpaired) electrons. The van der Waals surface area contributed by atoms with Crippen molar-refractivity contribution < 1.29 is 9.53 Å². The van der Waals surface area contributed by atoms with Gasteiger partial charge in [-0.1, -0.05) is 12.8 Å². The van der Waals surface area contributed by atoms with Crippen LogP contribution in [0.2, 0.25) is 0 Å². The number of rotatable bonds is 2. The molecule has 1 aromatic heterocycles. The van der Waals surface area contributed by atoms with Gasteiger partial charge in [-0.05, 0) is 43.9 Å². The molecule has 0 bridgehead atoms. The van der Waals surface area contributed by atoms with Crippen LogP contribution in [0.3, 0.4) is 0 Å². The summed E-state index contributed by atoms with van der Waals surface area (Å²) < 4.78 is 5.66. The summed E-state index contributed by atoms with van der Waals surface area (Å²) in [5.41, 5.74) is 7.90. The van der Waals surface area contributed by atoms with Gasteiger partial charge in [-0.2, -0.15) is 0 Å². The fourth-order valence-electron chi connectivity index (χ4n) is 2.89. The highest BCUT2D eigenvalue weighted by Gasteiger charge is 2.20. The Morgan fingerprint density at radius 2 is 1.95 bits per heavy atom. The number of ether oxygens (including phenoxy) is 1. The fourth-order valence-corrected chi connectivity index (χ4v) is 2.89. The van der Waals surface area contributed by atoms with Crippen molar-refractivity contribution in [3.63, 3.8) is 0 Å². The zero-order chi connectivity index (χ0) is 13.9. The number of carbonyl (C=O) groups is 1. The zero-order valence-electron chi connectivity index (χ0n) is 11.5. The Balaban J connectivity index is 1.78. The van der Waals surface area contributed by atoms with Crippen LogP contribution in [-0.4, -0.2) is 17.1 Å². The van der Waals surface area contributed by atoms with Gasteiger partial charge < -0.3 is 15.5 Å². The number of aromatic amines is 1. The van der Waals surface area contributed by atoms with Gasteiger partial charge in [0.2, 0.25) is 0 Å². The van der Waals surface area contributed by atoms with Crippen LogP contribution >= 0.6 is 0 Å². The Morgan fingerprint density at radius 3 is 2.70 bits per heavy atom. The van der Waals surface area contributed by atoms with E-state index in [9.17, 15) is 4.79 Å². The van der Waals surface area contributed by atoms with Crippen LogP contribution in [0.5, 0.6) is 0 Å². The first-order valence-corrected chi connectivity index (χ1v) is 7.31. The van der Waals surface area contributed by atoms with E-state index < -0.39 is 0 Å². The van der Waals surface area contributed by atoms with E-state index in [4.69, 9.17) is 10.5 Å². The third-order valence-corrected chi connectivity index (χ3v) is 4.00. The minimum absolute atomic E-state index is 0.0729. The Kier molecular flexibility index (Phi) is 3.63. The number of carbonyl (C=O) groups excluding carboxylic acids is 1. The van der Waals surface area contributed by atoms with Gasteiger partial charge >= 0.3 is 5.97 Å². The normalized spacial score (nSPS) is 17.0. The zero-order valence-corrected chi connectivity index (χ0v) is 11.5. The first-order valence-electron chi connectivity index (χ1n) is 7.31. The topological polar surface area (TPSA) is 68.1 Å². The number of nitrogens with two attached hydrogens (primary N) is 1. The summed E-state index contributed by atoms with van der Waals surface area (Å²) in [6.07, 6.45) is 8.57. The van der Waals surface area contributed by atoms with E-state index in [1.54, 1.807) is 12.3 Å². The molecule has 0 saturated heterocycles. The van der Waals surface area contributed by atoms with Crippen LogP contribution in [0.25, 0.3) is 10.9 Å². The van der Waals surface area contributed by atoms with Crippen molar-refractivity contribution in [1.29, 1.82) is 0 Å². The molecule has 3 rings (SSSR count). The molecule has 2 aromatic rings. The van der Waals surface area contributed by atoms with E-state index in [0.29, 0.717) is 11.3 Å². The van der Waals surface area contributed by atoms with Crippen molar-refractivity contribution in [3.8, 4) is 0 Å². The molecular formula is C16H20N2O2. The van der Waals surface area contributed by atoms with Crippen molar-refractivity contribution in [1.82, 2.24) is 4.98 Å². The van der Waals surface area contributed by atoms with Gasteiger partial charge in [0.1, 0.15) is 6.10 Å². The molecule has 1 heterocycles. The minimum Gasteiger partial charge on any atom is -0.459 e. The van der Waals surface area contributed by atoms with E-state index in [-0.39, 0.29) is 12.1 Å². The lowest BCUT2D eigenvalue weighted by Crippen LogP contribution is -2.17. The molecule has 0 atom stereocenters. The number of anilines is 1. The van der Waals surface area contributed by atoms with Gasteiger partial charge in [0.05, 0.1) is 5.56 Å². The quantitative estimate of drug-likeness (QED) is 0.498. The lowest BCUT2D eigenvalue weighted by atomic mass is 10.1. The summed E-state index contributed by atoms with van der Waals surface area (Å²) in [7, 11) is 0. The molecule has 1 aliphatic rings. The Bertz CT molecular complexity index is 610. The van der Waals surface area contributed by atoms with E-state index in [0.717, 1.165) is 36.6 Å². The molecule has 0 unspecified atom stereocenters. The molecule has 0 spiro atoms. The Hall–Kier alpha value is -1.97. The van der Waals surface area contributed by atoms with Gasteiger partial charge in [-0.3, -0.25) is 0 Å². The van der Waals surface area contributed by atoms with Gasteiger partial charge in [0.15, 0.2) is 0 Å². The second-order valence-electron chi connectivity index (χ2n) is 5.53. The number of H-pyrrole nitrogens is 1. The summed E-state index contributed by atoms with van der Waals surface area (Å²) >= 11 is 0. The van der Waals surface area contributed by atoms with Crippen LogP contribution in [0.1, 0.15) is 48.9 Å². The predicted octanol–water partition coefficient (Wildman–Crippen LogP) is 3.63. The maximum Gasteiger partial charge on any atom is 0.340 e. The smallest absolute Gasteiger partial charge is 0.340 e. The first-order chi connectivity index (χ1) is 9.74. The molecule has 0 amide bonds. The van der Waals surface area contributed by atoms with Gasteiger partial charge in [-0.25, -0.2) is 4.79 Å². The average Bonchev–Trinajstić information content (AvgIpc) is 2.67. The molecule has 0 aliphatic heterocycles. The van der Waals surface area contributed by atoms with E-state index >= 15 is 0 Å². The Labute approximate surface area is 118 Å². The monoisotopic (exact) mass is 272 g/mol. The van der Waals surface area contributed by atoms with Crippen molar-refractivity contribution in [3.05, 3.63) is 30.0 Å². The first kappa shape index (κ1) is 13.0. The van der Waals surface area contributed by atoms with Gasteiger partial charge in [0.25, 0.3) is 0 Å². The molecule has 1 aromatic carbocycles. The standard InChI is InChI=1S/C16H20N2O2/c17-11-7-8-13-14(10-18-15(13)9-11)16(19)20-12-5-3-1-2-4-6-12/h7-10,12,18H,1-6,17H2. The van der Waals surface area contributed by atoms with E-state index in [2.05, 4.69) is 4.98 Å².